The second kappa shape index (κ2) is 5.50. The van der Waals surface area contributed by atoms with Crippen LogP contribution in [0.15, 0.2) is 0 Å². The largest absolute Gasteiger partial charge is 0.391 e. The number of rotatable bonds is 2. The van der Waals surface area contributed by atoms with E-state index in [0.29, 0.717) is 11.5 Å². The standard InChI is InChI=1S/C16H31NO/c1-16(2,3)12-9-10-15(18)14(11-12)17(4)13-7-5-6-8-13/h12-15,18H,5-11H2,1-4H3. The molecule has 0 spiro atoms. The van der Waals surface area contributed by atoms with E-state index in [1.165, 1.54) is 38.5 Å². The highest BCUT2D eigenvalue weighted by Gasteiger charge is 2.38. The lowest BCUT2D eigenvalue weighted by Crippen LogP contribution is -2.50. The summed E-state index contributed by atoms with van der Waals surface area (Å²) in [5, 5.41) is 10.3. The number of nitrogens with zero attached hydrogens (tertiary/aromatic N) is 1. The number of aliphatic hydroxyl groups is 1. The van der Waals surface area contributed by atoms with Crippen molar-refractivity contribution in [1.29, 1.82) is 0 Å². The molecule has 3 atom stereocenters. The molecule has 0 saturated heterocycles. The van der Waals surface area contributed by atoms with Gasteiger partial charge in [-0.15, -0.1) is 0 Å². The molecule has 18 heavy (non-hydrogen) atoms. The predicted molar refractivity (Wildman–Crippen MR) is 76.6 cm³/mol. The zero-order chi connectivity index (χ0) is 13.3. The van der Waals surface area contributed by atoms with Gasteiger partial charge in [0.15, 0.2) is 0 Å². The van der Waals surface area contributed by atoms with Gasteiger partial charge in [0.1, 0.15) is 0 Å². The Hall–Kier alpha value is -0.0800. The van der Waals surface area contributed by atoms with Crippen LogP contribution < -0.4 is 0 Å². The van der Waals surface area contributed by atoms with Gasteiger partial charge in [-0.2, -0.15) is 0 Å². The first-order valence-electron chi connectivity index (χ1n) is 7.79. The van der Waals surface area contributed by atoms with E-state index in [4.69, 9.17) is 0 Å². The average molecular weight is 253 g/mol. The van der Waals surface area contributed by atoms with Gasteiger partial charge < -0.3 is 5.11 Å². The van der Waals surface area contributed by atoms with Crippen LogP contribution in [-0.4, -0.2) is 35.2 Å². The molecule has 2 fully saturated rings. The van der Waals surface area contributed by atoms with Crippen molar-refractivity contribution in [2.45, 2.75) is 83.9 Å². The van der Waals surface area contributed by atoms with Crippen LogP contribution in [0.25, 0.3) is 0 Å². The highest BCUT2D eigenvalue weighted by molar-refractivity contribution is 4.92. The van der Waals surface area contributed by atoms with Crippen molar-refractivity contribution in [1.82, 2.24) is 4.90 Å². The third kappa shape index (κ3) is 3.08. The molecule has 0 bridgehead atoms. The topological polar surface area (TPSA) is 23.5 Å². The van der Waals surface area contributed by atoms with E-state index in [1.807, 2.05) is 0 Å². The van der Waals surface area contributed by atoms with Crippen molar-refractivity contribution in [3.63, 3.8) is 0 Å². The first kappa shape index (κ1) is 14.3. The maximum Gasteiger partial charge on any atom is 0.0695 e. The average Bonchev–Trinajstić information content (AvgIpc) is 2.80. The molecule has 2 heteroatoms. The zero-order valence-corrected chi connectivity index (χ0v) is 12.7. The summed E-state index contributed by atoms with van der Waals surface area (Å²) in [6.07, 6.45) is 8.68. The van der Waals surface area contributed by atoms with Crippen LogP contribution >= 0.6 is 0 Å². The van der Waals surface area contributed by atoms with E-state index < -0.39 is 0 Å². The summed E-state index contributed by atoms with van der Waals surface area (Å²) in [7, 11) is 2.24. The Morgan fingerprint density at radius 2 is 1.61 bits per heavy atom. The van der Waals surface area contributed by atoms with E-state index in [9.17, 15) is 5.11 Å². The van der Waals surface area contributed by atoms with Crippen LogP contribution in [0, 0.1) is 11.3 Å². The smallest absolute Gasteiger partial charge is 0.0695 e. The fourth-order valence-electron chi connectivity index (χ4n) is 3.94. The van der Waals surface area contributed by atoms with E-state index >= 15 is 0 Å². The van der Waals surface area contributed by atoms with E-state index in [-0.39, 0.29) is 6.10 Å². The molecule has 0 aliphatic heterocycles. The van der Waals surface area contributed by atoms with E-state index in [0.717, 1.165) is 18.4 Å². The molecule has 2 saturated carbocycles. The summed E-state index contributed by atoms with van der Waals surface area (Å²) in [5.74, 6) is 0.759. The quantitative estimate of drug-likeness (QED) is 0.815. The van der Waals surface area contributed by atoms with Crippen LogP contribution in [0.2, 0.25) is 0 Å². The van der Waals surface area contributed by atoms with Crippen molar-refractivity contribution in [2.75, 3.05) is 7.05 Å². The van der Waals surface area contributed by atoms with Gasteiger partial charge in [-0.25, -0.2) is 0 Å². The molecule has 2 aliphatic rings. The maximum atomic E-state index is 10.3. The summed E-state index contributed by atoms with van der Waals surface area (Å²) in [5.41, 5.74) is 0.384. The third-order valence-electron chi connectivity index (χ3n) is 5.43. The van der Waals surface area contributed by atoms with Crippen molar-refractivity contribution in [3.05, 3.63) is 0 Å². The lowest BCUT2D eigenvalue weighted by molar-refractivity contribution is -0.0214. The summed E-state index contributed by atoms with van der Waals surface area (Å²) >= 11 is 0. The van der Waals surface area contributed by atoms with Gasteiger partial charge in [0, 0.05) is 12.1 Å². The molecule has 0 aromatic heterocycles. The van der Waals surface area contributed by atoms with Gasteiger partial charge in [-0.1, -0.05) is 33.6 Å². The molecule has 0 radical (unpaired) electrons. The van der Waals surface area contributed by atoms with Gasteiger partial charge in [0.2, 0.25) is 0 Å². The molecule has 0 heterocycles. The molecular weight excluding hydrogens is 222 g/mol. The predicted octanol–water partition coefficient (Wildman–Crippen LogP) is 3.44. The first-order valence-corrected chi connectivity index (χ1v) is 7.79. The molecular formula is C16H31NO. The van der Waals surface area contributed by atoms with Gasteiger partial charge in [-0.05, 0) is 50.5 Å². The van der Waals surface area contributed by atoms with Gasteiger partial charge >= 0.3 is 0 Å². The molecule has 2 nitrogen and oxygen atoms in total. The summed E-state index contributed by atoms with van der Waals surface area (Å²) in [6.45, 7) is 7.05. The lowest BCUT2D eigenvalue weighted by Gasteiger charge is -2.45. The lowest BCUT2D eigenvalue weighted by atomic mass is 9.70. The third-order valence-corrected chi connectivity index (χ3v) is 5.43. The Balaban J connectivity index is 2.00. The number of hydrogen-bond acceptors (Lipinski definition) is 2. The molecule has 2 aliphatic carbocycles. The summed E-state index contributed by atoms with van der Waals surface area (Å²) in [6, 6.07) is 1.12. The van der Waals surface area contributed by atoms with Crippen LogP contribution in [0.1, 0.15) is 65.7 Å². The fourth-order valence-corrected chi connectivity index (χ4v) is 3.94. The van der Waals surface area contributed by atoms with Crippen molar-refractivity contribution in [2.24, 2.45) is 11.3 Å². The Bertz CT molecular complexity index is 265. The van der Waals surface area contributed by atoms with E-state index in [2.05, 4.69) is 32.7 Å². The Labute approximate surface area is 113 Å². The van der Waals surface area contributed by atoms with Gasteiger partial charge in [-0.3, -0.25) is 4.90 Å². The van der Waals surface area contributed by atoms with Crippen molar-refractivity contribution < 1.29 is 5.11 Å². The number of likely N-dealkylation sites (N-methyl/N-ethyl adjacent to an activating group) is 1. The molecule has 106 valence electrons. The Morgan fingerprint density at radius 1 is 1.00 bits per heavy atom. The first-order chi connectivity index (χ1) is 8.39. The minimum absolute atomic E-state index is 0.103. The molecule has 0 amide bonds. The van der Waals surface area contributed by atoms with Crippen LogP contribution in [0.5, 0.6) is 0 Å². The fraction of sp³-hybridized carbons (Fsp3) is 1.00. The molecule has 2 rings (SSSR count). The molecule has 1 N–H and O–H groups in total. The van der Waals surface area contributed by atoms with Crippen LogP contribution in [0.3, 0.4) is 0 Å². The van der Waals surface area contributed by atoms with E-state index in [1.54, 1.807) is 0 Å². The van der Waals surface area contributed by atoms with Crippen LogP contribution in [-0.2, 0) is 0 Å². The summed E-state index contributed by atoms with van der Waals surface area (Å²) in [4.78, 5) is 2.51. The molecule has 3 unspecified atom stereocenters. The molecule has 0 aromatic rings. The second-order valence-corrected chi connectivity index (χ2v) is 7.61. The van der Waals surface area contributed by atoms with Crippen molar-refractivity contribution in [3.8, 4) is 0 Å². The Morgan fingerprint density at radius 3 is 2.17 bits per heavy atom. The second-order valence-electron chi connectivity index (χ2n) is 7.61. The monoisotopic (exact) mass is 253 g/mol. The van der Waals surface area contributed by atoms with Gasteiger partial charge in [0.25, 0.3) is 0 Å². The SMILES string of the molecule is CN(C1CCCC1)C1CC(C(C)(C)C)CCC1O. The number of hydrogen-bond donors (Lipinski definition) is 1. The summed E-state index contributed by atoms with van der Waals surface area (Å²) < 4.78 is 0. The highest BCUT2D eigenvalue weighted by Crippen LogP contribution is 2.40. The highest BCUT2D eigenvalue weighted by atomic mass is 16.3. The molecule has 0 aromatic carbocycles. The van der Waals surface area contributed by atoms with Gasteiger partial charge in [0.05, 0.1) is 6.10 Å². The van der Waals surface area contributed by atoms with Crippen LogP contribution in [0.4, 0.5) is 0 Å². The Kier molecular flexibility index (Phi) is 4.38. The zero-order valence-electron chi connectivity index (χ0n) is 12.7. The minimum Gasteiger partial charge on any atom is -0.391 e. The number of aliphatic hydroxyl groups excluding tert-OH is 1. The minimum atomic E-state index is -0.103. The van der Waals surface area contributed by atoms with Crippen molar-refractivity contribution >= 4 is 0 Å². The maximum absolute atomic E-state index is 10.3. The normalized spacial score (nSPS) is 35.3.